The zero-order chi connectivity index (χ0) is 17.5. The molecule has 23 heavy (non-hydrogen) atoms. The number of alkyl carbamates (subject to hydrolysis) is 1. The molecule has 1 N–H and O–H groups in total. The average Bonchev–Trinajstić information content (AvgIpc) is 2.46. The molecule has 0 radical (unpaired) electrons. The first-order valence-corrected chi connectivity index (χ1v) is 7.55. The lowest BCUT2D eigenvalue weighted by atomic mass is 10.1. The van der Waals surface area contributed by atoms with Gasteiger partial charge in [0.2, 0.25) is 0 Å². The predicted molar refractivity (Wildman–Crippen MR) is 88.2 cm³/mol. The summed E-state index contributed by atoms with van der Waals surface area (Å²) in [6.07, 6.45) is -0.0600. The molecule has 0 aromatic heterocycles. The lowest BCUT2D eigenvalue weighted by Crippen LogP contribution is -2.42. The van der Waals surface area contributed by atoms with Crippen molar-refractivity contribution in [2.75, 3.05) is 0 Å². The summed E-state index contributed by atoms with van der Waals surface area (Å²) in [5.74, 6) is -0.655. The van der Waals surface area contributed by atoms with E-state index in [2.05, 4.69) is 10.5 Å². The zero-order valence-electron chi connectivity index (χ0n) is 14.3. The van der Waals surface area contributed by atoms with E-state index in [9.17, 15) is 9.59 Å². The molecule has 0 fully saturated rings. The van der Waals surface area contributed by atoms with E-state index in [1.165, 1.54) is 6.92 Å². The molecule has 1 amide bonds. The van der Waals surface area contributed by atoms with Crippen molar-refractivity contribution >= 4 is 17.8 Å². The molecule has 0 unspecified atom stereocenters. The number of hydrogen-bond donors (Lipinski definition) is 1. The number of rotatable bonds is 5. The van der Waals surface area contributed by atoms with Gasteiger partial charge < -0.3 is 14.9 Å². The fraction of sp³-hybridized carbons (Fsp3) is 0.471. The fourth-order valence-electron chi connectivity index (χ4n) is 1.67. The number of oxime groups is 1. The number of carbonyl (C=O) groups is 2. The number of nitrogens with one attached hydrogen (secondary N) is 1. The zero-order valence-corrected chi connectivity index (χ0v) is 14.3. The van der Waals surface area contributed by atoms with Crippen LogP contribution in [-0.4, -0.2) is 29.4 Å². The molecule has 1 rings (SSSR count). The molecule has 6 heteroatoms. The van der Waals surface area contributed by atoms with E-state index in [0.717, 1.165) is 5.56 Å². The lowest BCUT2D eigenvalue weighted by molar-refractivity contribution is -0.145. The molecule has 6 nitrogen and oxygen atoms in total. The number of carbonyl (C=O) groups excluding carboxylic acids is 2. The molecule has 0 aliphatic rings. The van der Waals surface area contributed by atoms with Crippen LogP contribution in [0.1, 0.15) is 46.6 Å². The van der Waals surface area contributed by atoms with E-state index in [4.69, 9.17) is 9.57 Å². The summed E-state index contributed by atoms with van der Waals surface area (Å²) in [5.41, 5.74) is 0.910. The Hall–Kier alpha value is -2.37. The highest BCUT2D eigenvalue weighted by molar-refractivity contribution is 6.00. The maximum absolute atomic E-state index is 11.9. The Morgan fingerprint density at radius 3 is 2.35 bits per heavy atom. The van der Waals surface area contributed by atoms with Crippen molar-refractivity contribution in [2.24, 2.45) is 5.16 Å². The first-order valence-electron chi connectivity index (χ1n) is 7.55. The van der Waals surface area contributed by atoms with Crippen LogP contribution in [-0.2, 0) is 14.4 Å². The lowest BCUT2D eigenvalue weighted by Gasteiger charge is -2.21. The molecular weight excluding hydrogens is 296 g/mol. The Balaban J connectivity index is 2.61. The van der Waals surface area contributed by atoms with Crippen molar-refractivity contribution in [3.63, 3.8) is 0 Å². The molecule has 0 heterocycles. The van der Waals surface area contributed by atoms with Gasteiger partial charge >= 0.3 is 12.1 Å². The van der Waals surface area contributed by atoms with E-state index in [0.29, 0.717) is 12.1 Å². The van der Waals surface area contributed by atoms with Crippen LogP contribution in [0.25, 0.3) is 0 Å². The van der Waals surface area contributed by atoms with E-state index in [-0.39, 0.29) is 0 Å². The molecule has 0 saturated carbocycles. The SMILES string of the molecule is CC/C(=N\OC(=O)[C@H](C)NC(=O)OC(C)(C)C)c1ccccc1. The van der Waals surface area contributed by atoms with Crippen molar-refractivity contribution in [1.82, 2.24) is 5.32 Å². The van der Waals surface area contributed by atoms with E-state index >= 15 is 0 Å². The molecule has 0 aliphatic heterocycles. The van der Waals surface area contributed by atoms with Crippen LogP contribution in [0, 0.1) is 0 Å². The first kappa shape index (κ1) is 18.7. The summed E-state index contributed by atoms with van der Waals surface area (Å²) in [6, 6.07) is 8.58. The Bertz CT molecular complexity index is 562. The van der Waals surface area contributed by atoms with Gasteiger partial charge in [0.25, 0.3) is 0 Å². The minimum Gasteiger partial charge on any atom is -0.444 e. The quantitative estimate of drug-likeness (QED) is 0.513. The van der Waals surface area contributed by atoms with Gasteiger partial charge in [-0.05, 0) is 39.7 Å². The van der Waals surface area contributed by atoms with Crippen LogP contribution in [0.3, 0.4) is 0 Å². The number of hydrogen-bond acceptors (Lipinski definition) is 5. The first-order chi connectivity index (χ1) is 10.7. The van der Waals surface area contributed by atoms with E-state index in [1.807, 2.05) is 37.3 Å². The normalized spacial score (nSPS) is 13.2. The second-order valence-electron chi connectivity index (χ2n) is 6.04. The maximum Gasteiger partial charge on any atom is 0.408 e. The highest BCUT2D eigenvalue weighted by Gasteiger charge is 2.22. The van der Waals surface area contributed by atoms with Crippen molar-refractivity contribution in [3.8, 4) is 0 Å². The molecule has 1 aromatic carbocycles. The third-order valence-electron chi connectivity index (χ3n) is 2.77. The topological polar surface area (TPSA) is 77.0 Å². The van der Waals surface area contributed by atoms with Gasteiger partial charge in [0, 0.05) is 0 Å². The summed E-state index contributed by atoms with van der Waals surface area (Å²) in [6.45, 7) is 8.66. The monoisotopic (exact) mass is 320 g/mol. The van der Waals surface area contributed by atoms with Gasteiger partial charge in [0.05, 0.1) is 5.71 Å². The van der Waals surface area contributed by atoms with Gasteiger partial charge in [0.15, 0.2) is 0 Å². The summed E-state index contributed by atoms with van der Waals surface area (Å²) in [7, 11) is 0. The maximum atomic E-state index is 11.9. The average molecular weight is 320 g/mol. The minimum absolute atomic E-state index is 0.616. The smallest absolute Gasteiger partial charge is 0.408 e. The minimum atomic E-state index is -0.859. The summed E-state index contributed by atoms with van der Waals surface area (Å²) in [4.78, 5) is 28.4. The molecular formula is C17H24N2O4. The van der Waals surface area contributed by atoms with Gasteiger partial charge in [-0.3, -0.25) is 0 Å². The molecule has 1 atom stereocenters. The largest absolute Gasteiger partial charge is 0.444 e. The molecule has 1 aromatic rings. The van der Waals surface area contributed by atoms with Gasteiger partial charge in [-0.2, -0.15) is 0 Å². The van der Waals surface area contributed by atoms with E-state index in [1.54, 1.807) is 20.8 Å². The molecule has 0 aliphatic carbocycles. The Kier molecular flexibility index (Phi) is 6.75. The van der Waals surface area contributed by atoms with Crippen LogP contribution in [0.5, 0.6) is 0 Å². The number of benzene rings is 1. The third kappa shape index (κ3) is 6.95. The van der Waals surface area contributed by atoms with Crippen LogP contribution in [0.2, 0.25) is 0 Å². The Morgan fingerprint density at radius 2 is 1.83 bits per heavy atom. The van der Waals surface area contributed by atoms with Crippen molar-refractivity contribution in [3.05, 3.63) is 35.9 Å². The fourth-order valence-corrected chi connectivity index (χ4v) is 1.67. The van der Waals surface area contributed by atoms with E-state index < -0.39 is 23.7 Å². The third-order valence-corrected chi connectivity index (χ3v) is 2.77. The second kappa shape index (κ2) is 8.31. The van der Waals surface area contributed by atoms with Crippen LogP contribution in [0.15, 0.2) is 35.5 Å². The van der Waals surface area contributed by atoms with Gasteiger partial charge in [0.1, 0.15) is 11.6 Å². The van der Waals surface area contributed by atoms with Crippen molar-refractivity contribution < 1.29 is 19.2 Å². The van der Waals surface area contributed by atoms with Gasteiger partial charge in [-0.1, -0.05) is 42.4 Å². The Labute approximate surface area is 136 Å². The van der Waals surface area contributed by atoms with Crippen molar-refractivity contribution in [1.29, 1.82) is 0 Å². The molecule has 126 valence electrons. The van der Waals surface area contributed by atoms with Gasteiger partial charge in [-0.25, -0.2) is 9.59 Å². The molecule has 0 spiro atoms. The summed E-state index contributed by atoms with van der Waals surface area (Å²) < 4.78 is 5.08. The van der Waals surface area contributed by atoms with Crippen LogP contribution in [0.4, 0.5) is 4.79 Å². The van der Waals surface area contributed by atoms with Crippen LogP contribution < -0.4 is 5.32 Å². The highest BCUT2D eigenvalue weighted by Crippen LogP contribution is 2.07. The molecule has 0 bridgehead atoms. The highest BCUT2D eigenvalue weighted by atomic mass is 16.7. The second-order valence-corrected chi connectivity index (χ2v) is 6.04. The van der Waals surface area contributed by atoms with Gasteiger partial charge in [-0.15, -0.1) is 0 Å². The predicted octanol–water partition coefficient (Wildman–Crippen LogP) is 3.26. The standard InChI is InChI=1S/C17H24N2O4/c1-6-14(13-10-8-7-9-11-13)19-23-15(20)12(2)18-16(21)22-17(3,4)5/h7-12H,6H2,1-5H3,(H,18,21)/b19-14+/t12-/m0/s1. The number of ether oxygens (including phenoxy) is 1. The molecule has 0 saturated heterocycles. The summed E-state index contributed by atoms with van der Waals surface area (Å²) in [5, 5.41) is 6.30. The van der Waals surface area contributed by atoms with Crippen LogP contribution >= 0.6 is 0 Å². The summed E-state index contributed by atoms with van der Waals surface area (Å²) >= 11 is 0. The number of nitrogens with zero attached hydrogens (tertiary/aromatic N) is 1. The number of amides is 1. The van der Waals surface area contributed by atoms with Crippen molar-refractivity contribution in [2.45, 2.75) is 52.7 Å². The Morgan fingerprint density at radius 1 is 1.22 bits per heavy atom.